The lowest BCUT2D eigenvalue weighted by atomic mass is 10.0. The van der Waals surface area contributed by atoms with Crippen molar-refractivity contribution in [3.05, 3.63) is 29.8 Å². The van der Waals surface area contributed by atoms with Crippen LogP contribution in [0.1, 0.15) is 31.7 Å². The smallest absolute Gasteiger partial charge is 0.0598 e. The van der Waals surface area contributed by atoms with E-state index in [4.69, 9.17) is 6.42 Å². The van der Waals surface area contributed by atoms with E-state index in [1.807, 2.05) is 0 Å². The lowest BCUT2D eigenvalue weighted by molar-refractivity contribution is 0.243. The molecule has 2 heteroatoms. The molecule has 0 radical (unpaired) electrons. The summed E-state index contributed by atoms with van der Waals surface area (Å²) in [7, 11) is 0. The molecule has 1 aliphatic rings. The number of piperidine rings is 1. The number of nitrogens with zero attached hydrogens (tertiary/aromatic N) is 1. The van der Waals surface area contributed by atoms with Crippen LogP contribution >= 0.6 is 0 Å². The summed E-state index contributed by atoms with van der Waals surface area (Å²) in [5.74, 6) is 2.73. The molecule has 1 saturated heterocycles. The Morgan fingerprint density at radius 3 is 2.53 bits per heavy atom. The summed E-state index contributed by atoms with van der Waals surface area (Å²) in [6, 6.07) is 9.47. The fourth-order valence-electron chi connectivity index (χ4n) is 2.66. The second-order valence-corrected chi connectivity index (χ2v) is 5.35. The third kappa shape index (κ3) is 4.29. The minimum absolute atomic E-state index is 0.589. The molecule has 2 nitrogen and oxygen atoms in total. The van der Waals surface area contributed by atoms with Crippen LogP contribution in [0.3, 0.4) is 0 Å². The monoisotopic (exact) mass is 256 g/mol. The third-order valence-corrected chi connectivity index (χ3v) is 3.77. The van der Waals surface area contributed by atoms with Crippen molar-refractivity contribution < 1.29 is 0 Å². The van der Waals surface area contributed by atoms with Crippen molar-refractivity contribution in [3.8, 4) is 12.3 Å². The molecule has 0 spiro atoms. The fourth-order valence-corrected chi connectivity index (χ4v) is 2.66. The van der Waals surface area contributed by atoms with Crippen LogP contribution in [-0.4, -0.2) is 30.6 Å². The highest BCUT2D eigenvalue weighted by Crippen LogP contribution is 2.17. The molecule has 1 N–H and O–H groups in total. The van der Waals surface area contributed by atoms with E-state index in [2.05, 4.69) is 47.3 Å². The molecular formula is C17H24N2. The molecule has 1 fully saturated rings. The van der Waals surface area contributed by atoms with Gasteiger partial charge in [0.25, 0.3) is 0 Å². The summed E-state index contributed by atoms with van der Waals surface area (Å²) >= 11 is 0. The van der Waals surface area contributed by atoms with E-state index in [0.717, 1.165) is 19.6 Å². The van der Waals surface area contributed by atoms with Crippen LogP contribution in [0.5, 0.6) is 0 Å². The van der Waals surface area contributed by atoms with Crippen LogP contribution in [0.2, 0.25) is 0 Å². The van der Waals surface area contributed by atoms with E-state index in [9.17, 15) is 0 Å². The first-order valence-electron chi connectivity index (χ1n) is 7.33. The molecule has 1 heterocycles. The molecule has 1 aromatic rings. The van der Waals surface area contributed by atoms with Crippen LogP contribution in [0, 0.1) is 12.3 Å². The predicted octanol–water partition coefficient (Wildman–Crippen LogP) is 3.15. The quantitative estimate of drug-likeness (QED) is 0.814. The first-order valence-corrected chi connectivity index (χ1v) is 7.33. The summed E-state index contributed by atoms with van der Waals surface area (Å²) in [4.78, 5) is 2.35. The second kappa shape index (κ2) is 7.21. The van der Waals surface area contributed by atoms with E-state index in [1.54, 1.807) is 0 Å². The molecule has 102 valence electrons. The number of rotatable bonds is 5. The average molecular weight is 256 g/mol. The number of hydrogen-bond acceptors (Lipinski definition) is 2. The van der Waals surface area contributed by atoms with Crippen LogP contribution in [0.4, 0.5) is 5.69 Å². The Morgan fingerprint density at radius 1 is 1.26 bits per heavy atom. The maximum absolute atomic E-state index is 5.35. The maximum Gasteiger partial charge on any atom is 0.0598 e. The van der Waals surface area contributed by atoms with Crippen LogP contribution < -0.4 is 5.32 Å². The van der Waals surface area contributed by atoms with Gasteiger partial charge in [0.2, 0.25) is 0 Å². The molecule has 0 aliphatic carbocycles. The zero-order valence-electron chi connectivity index (χ0n) is 11.9. The zero-order chi connectivity index (χ0) is 13.5. The molecule has 2 rings (SSSR count). The Balaban J connectivity index is 1.80. The Hall–Kier alpha value is -1.46. The van der Waals surface area contributed by atoms with Gasteiger partial charge in [0.15, 0.2) is 0 Å². The SMILES string of the molecule is C#CCN1CCC(Nc2ccc(CCC)cc2)CC1. The highest BCUT2D eigenvalue weighted by Gasteiger charge is 2.17. The number of likely N-dealkylation sites (tertiary alicyclic amines) is 1. The van der Waals surface area contributed by atoms with E-state index in [0.29, 0.717) is 6.04 Å². The molecule has 1 aliphatic heterocycles. The zero-order valence-corrected chi connectivity index (χ0v) is 11.9. The molecule has 0 bridgehead atoms. The highest BCUT2D eigenvalue weighted by molar-refractivity contribution is 5.45. The van der Waals surface area contributed by atoms with Gasteiger partial charge < -0.3 is 5.32 Å². The van der Waals surface area contributed by atoms with Gasteiger partial charge in [-0.05, 0) is 37.0 Å². The van der Waals surface area contributed by atoms with Crippen molar-refractivity contribution in [1.29, 1.82) is 0 Å². The standard InChI is InChI=1S/C17H24N2/c1-3-5-15-6-8-16(9-7-15)18-17-10-13-19(12-4-2)14-11-17/h2,6-9,17-18H,3,5,10-14H2,1H3. The first kappa shape index (κ1) is 14.0. The van der Waals surface area contributed by atoms with E-state index in [1.165, 1.54) is 36.9 Å². The molecule has 1 aromatic carbocycles. The molecular weight excluding hydrogens is 232 g/mol. The van der Waals surface area contributed by atoms with Gasteiger partial charge >= 0.3 is 0 Å². The summed E-state index contributed by atoms with van der Waals surface area (Å²) in [5.41, 5.74) is 2.67. The summed E-state index contributed by atoms with van der Waals surface area (Å²) < 4.78 is 0. The minimum atomic E-state index is 0.589. The van der Waals surface area contributed by atoms with Gasteiger partial charge in [0.1, 0.15) is 0 Å². The molecule has 0 amide bonds. The molecule has 19 heavy (non-hydrogen) atoms. The van der Waals surface area contributed by atoms with Gasteiger partial charge in [0, 0.05) is 24.8 Å². The van der Waals surface area contributed by atoms with Gasteiger partial charge in [-0.2, -0.15) is 0 Å². The fraction of sp³-hybridized carbons (Fsp3) is 0.529. The van der Waals surface area contributed by atoms with Gasteiger partial charge in [0.05, 0.1) is 6.54 Å². The number of hydrogen-bond donors (Lipinski definition) is 1. The van der Waals surface area contributed by atoms with E-state index in [-0.39, 0.29) is 0 Å². The Kier molecular flexibility index (Phi) is 5.30. The first-order chi connectivity index (χ1) is 9.31. The van der Waals surface area contributed by atoms with Crippen LogP contribution in [-0.2, 0) is 6.42 Å². The Labute approximate surface area is 117 Å². The van der Waals surface area contributed by atoms with E-state index >= 15 is 0 Å². The van der Waals surface area contributed by atoms with Crippen LogP contribution in [0.25, 0.3) is 0 Å². The normalized spacial score (nSPS) is 17.1. The third-order valence-electron chi connectivity index (χ3n) is 3.77. The van der Waals surface area contributed by atoms with Crippen molar-refractivity contribution in [2.24, 2.45) is 0 Å². The summed E-state index contributed by atoms with van der Waals surface area (Å²) in [5, 5.41) is 3.63. The van der Waals surface area contributed by atoms with E-state index < -0.39 is 0 Å². The van der Waals surface area contributed by atoms with Gasteiger partial charge in [-0.1, -0.05) is 31.4 Å². The molecule has 0 aromatic heterocycles. The van der Waals surface area contributed by atoms with Crippen molar-refractivity contribution in [2.45, 2.75) is 38.6 Å². The van der Waals surface area contributed by atoms with Crippen molar-refractivity contribution in [1.82, 2.24) is 4.90 Å². The topological polar surface area (TPSA) is 15.3 Å². The Morgan fingerprint density at radius 2 is 1.95 bits per heavy atom. The van der Waals surface area contributed by atoms with Crippen molar-refractivity contribution in [3.63, 3.8) is 0 Å². The number of anilines is 1. The molecule has 0 unspecified atom stereocenters. The molecule has 0 saturated carbocycles. The number of terminal acetylenes is 1. The number of aryl methyl sites for hydroxylation is 1. The summed E-state index contributed by atoms with van der Waals surface area (Å²) in [6.45, 7) is 5.22. The van der Waals surface area contributed by atoms with Gasteiger partial charge in [-0.25, -0.2) is 0 Å². The van der Waals surface area contributed by atoms with Gasteiger partial charge in [-0.15, -0.1) is 6.42 Å². The predicted molar refractivity (Wildman–Crippen MR) is 82.4 cm³/mol. The minimum Gasteiger partial charge on any atom is -0.382 e. The van der Waals surface area contributed by atoms with Crippen molar-refractivity contribution >= 4 is 5.69 Å². The number of nitrogens with one attached hydrogen (secondary N) is 1. The Bertz CT molecular complexity index is 408. The lowest BCUT2D eigenvalue weighted by Crippen LogP contribution is -2.39. The summed E-state index contributed by atoms with van der Waals surface area (Å²) in [6.07, 6.45) is 10.1. The van der Waals surface area contributed by atoms with Crippen LogP contribution in [0.15, 0.2) is 24.3 Å². The number of benzene rings is 1. The molecule has 0 atom stereocenters. The second-order valence-electron chi connectivity index (χ2n) is 5.35. The lowest BCUT2D eigenvalue weighted by Gasteiger charge is -2.31. The maximum atomic E-state index is 5.35. The van der Waals surface area contributed by atoms with Crippen molar-refractivity contribution in [2.75, 3.05) is 25.0 Å². The average Bonchev–Trinajstić information content (AvgIpc) is 2.44. The largest absolute Gasteiger partial charge is 0.382 e. The highest BCUT2D eigenvalue weighted by atomic mass is 15.1. The van der Waals surface area contributed by atoms with Gasteiger partial charge in [-0.3, -0.25) is 4.90 Å².